The largest absolute Gasteiger partial charge is 0.479 e. The predicted octanol–water partition coefficient (Wildman–Crippen LogP) is 8.88. The molecule has 2 unspecified atom stereocenters. The smallest absolute Gasteiger partial charge is 0.332 e. The summed E-state index contributed by atoms with van der Waals surface area (Å²) in [6.07, 6.45) is 1.37. The molecular formula is C38H31Cl4N3O7S2. The highest BCUT2D eigenvalue weighted by atomic mass is 35.5. The summed E-state index contributed by atoms with van der Waals surface area (Å²) in [5, 5.41) is 11.6. The minimum absolute atomic E-state index is 0.0549. The average Bonchev–Trinajstić information content (AvgIpc) is 3.64. The molecule has 1 N–H and O–H groups in total. The summed E-state index contributed by atoms with van der Waals surface area (Å²) in [5.74, 6) is -2.23. The summed E-state index contributed by atoms with van der Waals surface area (Å²) in [6, 6.07) is 26.4. The zero-order valence-corrected chi connectivity index (χ0v) is 32.8. The van der Waals surface area contributed by atoms with Gasteiger partial charge in [0.2, 0.25) is 5.91 Å². The second-order valence-electron chi connectivity index (χ2n) is 12.3. The van der Waals surface area contributed by atoms with Crippen molar-refractivity contribution in [2.75, 3.05) is 21.7 Å². The van der Waals surface area contributed by atoms with E-state index in [0.717, 1.165) is 22.0 Å². The molecule has 0 bridgehead atoms. The van der Waals surface area contributed by atoms with E-state index < -0.39 is 55.0 Å². The Hall–Kier alpha value is -4.30. The number of carbonyl (C=O) groups is 2. The van der Waals surface area contributed by atoms with Crippen LogP contribution in [0.25, 0.3) is 0 Å². The van der Waals surface area contributed by atoms with Gasteiger partial charge in [0.15, 0.2) is 6.04 Å². The fourth-order valence-corrected chi connectivity index (χ4v) is 10.2. The number of benzene rings is 5. The van der Waals surface area contributed by atoms with Crippen molar-refractivity contribution in [2.24, 2.45) is 0 Å². The molecular weight excluding hydrogens is 816 g/mol. The van der Waals surface area contributed by atoms with Gasteiger partial charge < -0.3 is 10.0 Å². The third kappa shape index (κ3) is 8.19. The molecule has 1 aliphatic rings. The molecule has 5 aromatic rings. The van der Waals surface area contributed by atoms with Crippen LogP contribution in [0.4, 0.5) is 11.4 Å². The van der Waals surface area contributed by atoms with E-state index in [1.165, 1.54) is 78.9 Å². The number of anilines is 2. The lowest BCUT2D eigenvalue weighted by Gasteiger charge is -2.33. The minimum atomic E-state index is -4.88. The fraction of sp³-hybridized carbons (Fsp3) is 0.158. The van der Waals surface area contributed by atoms with Crippen LogP contribution in [0.1, 0.15) is 36.1 Å². The van der Waals surface area contributed by atoms with E-state index in [1.807, 2.05) is 30.3 Å². The Kier molecular flexibility index (Phi) is 11.8. The molecule has 0 saturated carbocycles. The van der Waals surface area contributed by atoms with E-state index in [9.17, 15) is 23.1 Å². The van der Waals surface area contributed by atoms with Crippen molar-refractivity contribution in [3.8, 4) is 0 Å². The van der Waals surface area contributed by atoms with Gasteiger partial charge in [0.1, 0.15) is 6.54 Å². The Morgan fingerprint density at radius 2 is 1.24 bits per heavy atom. The van der Waals surface area contributed by atoms with Crippen LogP contribution >= 0.6 is 46.4 Å². The topological polar surface area (TPSA) is 132 Å². The van der Waals surface area contributed by atoms with Crippen LogP contribution in [0.3, 0.4) is 0 Å². The lowest BCUT2D eigenvalue weighted by molar-refractivity contribution is -0.138. The molecule has 1 saturated heterocycles. The summed E-state index contributed by atoms with van der Waals surface area (Å²) in [6.45, 7) is -0.282. The van der Waals surface area contributed by atoms with Crippen LogP contribution in [0, 0.1) is 0 Å². The number of sulfonamides is 2. The molecule has 10 nitrogen and oxygen atoms in total. The number of likely N-dealkylation sites (tertiary alicyclic amines) is 1. The van der Waals surface area contributed by atoms with Crippen molar-refractivity contribution in [1.29, 1.82) is 0 Å². The molecule has 1 aliphatic heterocycles. The summed E-state index contributed by atoms with van der Waals surface area (Å²) in [5.41, 5.74) is 0.324. The van der Waals surface area contributed by atoms with Gasteiger partial charge >= 0.3 is 5.97 Å². The van der Waals surface area contributed by atoms with Crippen molar-refractivity contribution >= 4 is 89.7 Å². The Balaban J connectivity index is 1.51. The SMILES string of the molecule is O=C(O)C(c1cc(Cl)ccc1S(=O)(=O)N(CC(=O)N1CCCC1c1ccccc1)c1ccc(Cl)cc1)N(c1ccc(Cl)cc1)S(=O)(=O)c1ccc(Cl)cc1. The number of aliphatic carboxylic acids is 1. The van der Waals surface area contributed by atoms with Gasteiger partial charge in [-0.1, -0.05) is 76.7 Å². The van der Waals surface area contributed by atoms with E-state index in [4.69, 9.17) is 46.4 Å². The van der Waals surface area contributed by atoms with Gasteiger partial charge in [0.05, 0.1) is 27.2 Å². The van der Waals surface area contributed by atoms with E-state index >= 15 is 8.42 Å². The monoisotopic (exact) mass is 845 g/mol. The normalized spacial score (nSPS) is 15.1. The number of hydrogen-bond acceptors (Lipinski definition) is 6. The molecule has 280 valence electrons. The van der Waals surface area contributed by atoms with Crippen LogP contribution in [-0.4, -0.2) is 51.8 Å². The standard InChI is InChI=1S/C38H31Cl4N3O7S2/c39-26-8-15-30(16-9-26)44(24-36(46)43-22-4-7-34(43)25-5-2-1-3-6-25)54(51,52)35-21-14-29(42)23-33(35)37(38(47)48)45(31-17-10-27(40)11-18-31)53(49,50)32-19-12-28(41)13-20-32/h1-3,5-6,8-21,23,34,37H,4,7,22,24H2,(H,47,48). The molecule has 1 fully saturated rings. The molecule has 0 radical (unpaired) electrons. The summed E-state index contributed by atoms with van der Waals surface area (Å²) < 4.78 is 60.4. The van der Waals surface area contributed by atoms with Crippen molar-refractivity contribution in [3.63, 3.8) is 0 Å². The van der Waals surface area contributed by atoms with Crippen LogP contribution in [0.2, 0.25) is 20.1 Å². The van der Waals surface area contributed by atoms with E-state index in [1.54, 1.807) is 4.90 Å². The third-order valence-corrected chi connectivity index (χ3v) is 13.6. The highest BCUT2D eigenvalue weighted by Gasteiger charge is 2.42. The third-order valence-electron chi connectivity index (χ3n) is 8.91. The van der Waals surface area contributed by atoms with Crippen molar-refractivity contribution in [2.45, 2.75) is 34.7 Å². The molecule has 1 heterocycles. The molecule has 54 heavy (non-hydrogen) atoms. The maximum atomic E-state index is 15.0. The fourth-order valence-electron chi connectivity index (χ4n) is 6.40. The molecule has 6 rings (SSSR count). The molecule has 2 atom stereocenters. The second kappa shape index (κ2) is 16.2. The van der Waals surface area contributed by atoms with Gasteiger partial charge in [0, 0.05) is 32.2 Å². The number of nitrogens with zero attached hydrogens (tertiary/aromatic N) is 3. The molecule has 1 amide bonds. The van der Waals surface area contributed by atoms with E-state index in [0.29, 0.717) is 28.7 Å². The Labute approximate surface area is 333 Å². The number of amides is 1. The van der Waals surface area contributed by atoms with Crippen molar-refractivity contribution in [1.82, 2.24) is 4.90 Å². The maximum Gasteiger partial charge on any atom is 0.332 e. The predicted molar refractivity (Wildman–Crippen MR) is 211 cm³/mol. The minimum Gasteiger partial charge on any atom is -0.479 e. The summed E-state index contributed by atoms with van der Waals surface area (Å²) in [4.78, 5) is 28.3. The number of carboxylic acids is 1. The van der Waals surface area contributed by atoms with Crippen molar-refractivity contribution in [3.05, 3.63) is 153 Å². The summed E-state index contributed by atoms with van der Waals surface area (Å²) >= 11 is 24.7. The Morgan fingerprint density at radius 1 is 0.704 bits per heavy atom. The quantitative estimate of drug-likeness (QED) is 0.133. The van der Waals surface area contributed by atoms with Gasteiger partial charge in [-0.05, 0) is 109 Å². The van der Waals surface area contributed by atoms with Crippen LogP contribution in [0.5, 0.6) is 0 Å². The lowest BCUT2D eigenvalue weighted by atomic mass is 10.0. The molecule has 0 aliphatic carbocycles. The molecule has 0 spiro atoms. The summed E-state index contributed by atoms with van der Waals surface area (Å²) in [7, 11) is -9.64. The van der Waals surface area contributed by atoms with Crippen LogP contribution < -0.4 is 8.61 Å². The molecule has 16 heteroatoms. The highest BCUT2D eigenvalue weighted by molar-refractivity contribution is 7.93. The first kappa shape index (κ1) is 39.4. The van der Waals surface area contributed by atoms with Gasteiger partial charge in [0.25, 0.3) is 20.0 Å². The first-order valence-electron chi connectivity index (χ1n) is 16.4. The number of hydrogen-bond donors (Lipinski definition) is 1. The number of carboxylic acid groups (broad SMARTS) is 1. The zero-order valence-electron chi connectivity index (χ0n) is 28.1. The Bertz CT molecular complexity index is 2390. The first-order chi connectivity index (χ1) is 25.7. The number of carbonyl (C=O) groups excluding carboxylic acids is 1. The Morgan fingerprint density at radius 3 is 1.81 bits per heavy atom. The molecule has 5 aromatic carbocycles. The van der Waals surface area contributed by atoms with Crippen molar-refractivity contribution < 1.29 is 31.5 Å². The number of halogens is 4. The van der Waals surface area contributed by atoms with Crippen LogP contribution in [-0.2, 0) is 29.6 Å². The second-order valence-corrected chi connectivity index (χ2v) is 17.7. The number of rotatable bonds is 12. The zero-order chi connectivity index (χ0) is 38.8. The van der Waals surface area contributed by atoms with Gasteiger partial charge in [-0.2, -0.15) is 0 Å². The maximum absolute atomic E-state index is 15.0. The highest BCUT2D eigenvalue weighted by Crippen LogP contribution is 2.40. The molecule has 0 aromatic heterocycles. The van der Waals surface area contributed by atoms with E-state index in [2.05, 4.69) is 0 Å². The van der Waals surface area contributed by atoms with Gasteiger partial charge in [-0.3, -0.25) is 9.10 Å². The first-order valence-corrected chi connectivity index (χ1v) is 20.8. The van der Waals surface area contributed by atoms with E-state index in [-0.39, 0.29) is 37.4 Å². The van der Waals surface area contributed by atoms with Gasteiger partial charge in [-0.15, -0.1) is 0 Å². The lowest BCUT2D eigenvalue weighted by Crippen LogP contribution is -2.44. The van der Waals surface area contributed by atoms with Gasteiger partial charge in [-0.25, -0.2) is 25.9 Å². The average molecular weight is 848 g/mol. The van der Waals surface area contributed by atoms with Crippen LogP contribution in [0.15, 0.2) is 131 Å².